The number of nitrogens with zero attached hydrogens (tertiary/aromatic N) is 3. The van der Waals surface area contributed by atoms with Crippen LogP contribution in [0.15, 0.2) is 48.8 Å². The monoisotopic (exact) mass is 290 g/mol. The van der Waals surface area contributed by atoms with Gasteiger partial charge in [0.2, 0.25) is 5.82 Å². The van der Waals surface area contributed by atoms with E-state index in [0.29, 0.717) is 11.1 Å². The third-order valence-electron chi connectivity index (χ3n) is 2.80. The van der Waals surface area contributed by atoms with Crippen LogP contribution in [-0.2, 0) is 6.18 Å². The molecule has 21 heavy (non-hydrogen) atoms. The zero-order valence-electron chi connectivity index (χ0n) is 10.6. The van der Waals surface area contributed by atoms with Crippen LogP contribution in [0.5, 0.6) is 0 Å². The number of rotatable bonds is 2. The largest absolute Gasteiger partial charge is 0.451 e. The van der Waals surface area contributed by atoms with E-state index in [-0.39, 0.29) is 11.3 Å². The first-order chi connectivity index (χ1) is 10.0. The van der Waals surface area contributed by atoms with Crippen LogP contribution in [0.2, 0.25) is 0 Å². The van der Waals surface area contributed by atoms with Crippen molar-refractivity contribution in [1.82, 2.24) is 15.0 Å². The summed E-state index contributed by atoms with van der Waals surface area (Å²) in [6.07, 6.45) is -1.52. The summed E-state index contributed by atoms with van der Waals surface area (Å²) in [7, 11) is 0. The molecule has 0 atom stereocenters. The molecule has 7 heteroatoms. The average molecular weight is 290 g/mol. The van der Waals surface area contributed by atoms with E-state index < -0.39 is 12.0 Å². The number of hydrogen-bond acceptors (Lipinski definition) is 4. The Bertz CT molecular complexity index is 772. The van der Waals surface area contributed by atoms with E-state index in [0.717, 1.165) is 0 Å². The minimum absolute atomic E-state index is 0.110. The van der Waals surface area contributed by atoms with Gasteiger partial charge >= 0.3 is 6.18 Å². The molecule has 0 spiro atoms. The molecule has 106 valence electrons. The van der Waals surface area contributed by atoms with Crippen molar-refractivity contribution in [2.45, 2.75) is 6.18 Å². The van der Waals surface area contributed by atoms with Crippen LogP contribution >= 0.6 is 0 Å². The lowest BCUT2D eigenvalue weighted by atomic mass is 10.2. The summed E-state index contributed by atoms with van der Waals surface area (Å²) in [6.45, 7) is 0. The predicted molar refractivity (Wildman–Crippen MR) is 72.1 cm³/mol. The lowest BCUT2D eigenvalue weighted by Gasteiger charge is -2.12. The molecule has 0 fully saturated rings. The Morgan fingerprint density at radius 2 is 1.62 bits per heavy atom. The molecule has 0 aliphatic carbocycles. The van der Waals surface area contributed by atoms with Crippen LogP contribution in [0.4, 0.5) is 24.7 Å². The summed E-state index contributed by atoms with van der Waals surface area (Å²) < 4.78 is 38.6. The molecule has 0 unspecified atom stereocenters. The van der Waals surface area contributed by atoms with Crippen molar-refractivity contribution in [2.24, 2.45) is 0 Å². The fourth-order valence-electron chi connectivity index (χ4n) is 1.87. The summed E-state index contributed by atoms with van der Waals surface area (Å²) in [5.41, 5.74) is 0.832. The molecular formula is C14H9F3N4. The molecule has 1 N–H and O–H groups in total. The van der Waals surface area contributed by atoms with Crippen molar-refractivity contribution >= 4 is 22.4 Å². The molecule has 0 aliphatic rings. The van der Waals surface area contributed by atoms with Crippen LogP contribution in [-0.4, -0.2) is 15.0 Å². The first-order valence-electron chi connectivity index (χ1n) is 6.05. The highest BCUT2D eigenvalue weighted by atomic mass is 19.4. The van der Waals surface area contributed by atoms with Crippen LogP contribution < -0.4 is 5.32 Å². The highest BCUT2D eigenvalue weighted by molar-refractivity contribution is 5.90. The molecule has 0 amide bonds. The van der Waals surface area contributed by atoms with Gasteiger partial charge in [0.15, 0.2) is 0 Å². The number of nitrogens with one attached hydrogen (secondary N) is 1. The molecule has 0 saturated heterocycles. The van der Waals surface area contributed by atoms with E-state index >= 15 is 0 Å². The van der Waals surface area contributed by atoms with Gasteiger partial charge in [-0.1, -0.05) is 12.1 Å². The zero-order valence-corrected chi connectivity index (χ0v) is 10.6. The fraction of sp³-hybridized carbons (Fsp3) is 0.0714. The predicted octanol–water partition coefficient (Wildman–Crippen LogP) is 3.79. The number of hydrogen-bond donors (Lipinski definition) is 1. The van der Waals surface area contributed by atoms with E-state index in [1.54, 1.807) is 30.3 Å². The normalized spacial score (nSPS) is 11.6. The number of aromatic nitrogens is 3. The van der Waals surface area contributed by atoms with E-state index in [9.17, 15) is 13.2 Å². The zero-order chi connectivity index (χ0) is 14.9. The van der Waals surface area contributed by atoms with E-state index in [1.165, 1.54) is 18.5 Å². The summed E-state index contributed by atoms with van der Waals surface area (Å²) in [4.78, 5) is 11.0. The van der Waals surface area contributed by atoms with Gasteiger partial charge in [0, 0.05) is 23.5 Å². The van der Waals surface area contributed by atoms with Gasteiger partial charge in [0.05, 0.1) is 5.52 Å². The van der Waals surface area contributed by atoms with Crippen LogP contribution in [0.25, 0.3) is 10.9 Å². The first kappa shape index (κ1) is 13.3. The van der Waals surface area contributed by atoms with Crippen LogP contribution in [0.1, 0.15) is 5.82 Å². The Morgan fingerprint density at radius 1 is 0.905 bits per heavy atom. The average Bonchev–Trinajstić information content (AvgIpc) is 2.47. The third-order valence-corrected chi connectivity index (χ3v) is 2.80. The number of benzene rings is 1. The van der Waals surface area contributed by atoms with Crippen molar-refractivity contribution in [3.05, 3.63) is 54.6 Å². The molecule has 4 nitrogen and oxygen atoms in total. The number of halogens is 3. The maximum Gasteiger partial charge on any atom is 0.451 e. The first-order valence-corrected chi connectivity index (χ1v) is 6.05. The maximum absolute atomic E-state index is 12.9. The van der Waals surface area contributed by atoms with Crippen molar-refractivity contribution < 1.29 is 13.2 Å². The Morgan fingerprint density at radius 3 is 2.33 bits per heavy atom. The minimum Gasteiger partial charge on any atom is -0.340 e. The molecule has 2 aromatic heterocycles. The maximum atomic E-state index is 12.9. The molecule has 3 aromatic rings. The van der Waals surface area contributed by atoms with Crippen LogP contribution in [0, 0.1) is 0 Å². The molecular weight excluding hydrogens is 281 g/mol. The van der Waals surface area contributed by atoms with Gasteiger partial charge in [-0.25, -0.2) is 9.97 Å². The van der Waals surface area contributed by atoms with Gasteiger partial charge < -0.3 is 5.32 Å². The SMILES string of the molecule is FC(F)(F)c1nc(Nc2ccncc2)c2ccccc2n1. The Balaban J connectivity index is 2.15. The Labute approximate surface area is 117 Å². The summed E-state index contributed by atoms with van der Waals surface area (Å²) in [6, 6.07) is 9.82. The number of fused-ring (bicyclic) bond motifs is 1. The second-order valence-corrected chi connectivity index (χ2v) is 4.27. The molecule has 1 aromatic carbocycles. The fourth-order valence-corrected chi connectivity index (χ4v) is 1.87. The van der Waals surface area contributed by atoms with E-state index in [4.69, 9.17) is 0 Å². The molecule has 0 saturated carbocycles. The Hall–Kier alpha value is -2.70. The molecule has 0 aliphatic heterocycles. The molecule has 2 heterocycles. The van der Waals surface area contributed by atoms with Gasteiger partial charge in [0.1, 0.15) is 5.82 Å². The molecule has 3 rings (SSSR count). The molecule has 0 radical (unpaired) electrons. The summed E-state index contributed by atoms with van der Waals surface area (Å²) in [5.74, 6) is -1.06. The van der Waals surface area contributed by atoms with Gasteiger partial charge in [0.25, 0.3) is 0 Å². The number of alkyl halides is 3. The number of anilines is 2. The van der Waals surface area contributed by atoms with Crippen molar-refractivity contribution in [2.75, 3.05) is 5.32 Å². The number of pyridine rings is 1. The van der Waals surface area contributed by atoms with E-state index in [2.05, 4.69) is 20.3 Å². The summed E-state index contributed by atoms with van der Waals surface area (Å²) in [5, 5.41) is 3.38. The lowest BCUT2D eigenvalue weighted by Crippen LogP contribution is -2.12. The van der Waals surface area contributed by atoms with Crippen molar-refractivity contribution in [1.29, 1.82) is 0 Å². The smallest absolute Gasteiger partial charge is 0.340 e. The highest BCUT2D eigenvalue weighted by Gasteiger charge is 2.35. The highest BCUT2D eigenvalue weighted by Crippen LogP contribution is 2.31. The standard InChI is InChI=1S/C14H9F3N4/c15-14(16,17)13-20-11-4-2-1-3-10(11)12(21-13)19-9-5-7-18-8-6-9/h1-8H,(H,18,19,20,21). The van der Waals surface area contributed by atoms with Gasteiger partial charge in [-0.2, -0.15) is 13.2 Å². The van der Waals surface area contributed by atoms with E-state index in [1.807, 2.05) is 0 Å². The van der Waals surface area contributed by atoms with Gasteiger partial charge in [-0.05, 0) is 24.3 Å². The molecule has 0 bridgehead atoms. The Kier molecular flexibility index (Phi) is 3.17. The minimum atomic E-state index is -4.60. The van der Waals surface area contributed by atoms with Gasteiger partial charge in [-0.3, -0.25) is 4.98 Å². The van der Waals surface area contributed by atoms with Crippen molar-refractivity contribution in [3.8, 4) is 0 Å². The second kappa shape index (κ2) is 5.01. The lowest BCUT2D eigenvalue weighted by molar-refractivity contribution is -0.144. The quantitative estimate of drug-likeness (QED) is 0.780. The summed E-state index contributed by atoms with van der Waals surface area (Å²) >= 11 is 0. The van der Waals surface area contributed by atoms with Crippen molar-refractivity contribution in [3.63, 3.8) is 0 Å². The van der Waals surface area contributed by atoms with Crippen LogP contribution in [0.3, 0.4) is 0 Å². The topological polar surface area (TPSA) is 50.7 Å². The number of para-hydroxylation sites is 1. The second-order valence-electron chi connectivity index (χ2n) is 4.27. The third kappa shape index (κ3) is 2.76. The van der Waals surface area contributed by atoms with Gasteiger partial charge in [-0.15, -0.1) is 0 Å².